The molecule has 0 spiro atoms. The van der Waals surface area contributed by atoms with Crippen LogP contribution >= 0.6 is 11.3 Å². The number of amides is 1. The highest BCUT2D eigenvalue weighted by Crippen LogP contribution is 2.31. The predicted molar refractivity (Wildman–Crippen MR) is 144 cm³/mol. The molecular weight excluding hydrogens is 510 g/mol. The van der Waals surface area contributed by atoms with Crippen LogP contribution < -0.4 is 14.8 Å². The molecule has 0 bridgehead atoms. The third kappa shape index (κ3) is 7.39. The van der Waals surface area contributed by atoms with Gasteiger partial charge < -0.3 is 10.1 Å². The maximum absolute atomic E-state index is 13.8. The lowest BCUT2D eigenvalue weighted by Gasteiger charge is -2.23. The number of ether oxygens (including phenoxy) is 1. The minimum atomic E-state index is -4.36. The summed E-state index contributed by atoms with van der Waals surface area (Å²) in [5.41, 5.74) is 2.92. The topological polar surface area (TPSA) is 118 Å². The largest absolute Gasteiger partial charge is 0.496 e. The number of thiazole rings is 1. The summed E-state index contributed by atoms with van der Waals surface area (Å²) in [6, 6.07) is 23.5. The van der Waals surface area contributed by atoms with Crippen LogP contribution in [0.3, 0.4) is 0 Å². The normalized spacial score (nSPS) is 12.9. The third-order valence-electron chi connectivity index (χ3n) is 5.82. The summed E-state index contributed by atoms with van der Waals surface area (Å²) in [6.45, 7) is 0. The number of aromatic nitrogens is 1. The minimum absolute atomic E-state index is 0.154. The van der Waals surface area contributed by atoms with E-state index in [2.05, 4.69) is 10.3 Å². The first-order chi connectivity index (χ1) is 17.8. The Morgan fingerprint density at radius 2 is 1.65 bits per heavy atom. The van der Waals surface area contributed by atoms with E-state index in [0.717, 1.165) is 21.7 Å². The van der Waals surface area contributed by atoms with E-state index in [1.165, 1.54) is 11.3 Å². The SMILES string of the molecule is COc1ccccc1C(Cc1ccccc1)C(=O)N[C@@H](Cc1ccc(NS(=O)(=O)O)cc1)c1nccs1. The van der Waals surface area contributed by atoms with Crippen molar-refractivity contribution in [2.24, 2.45) is 0 Å². The van der Waals surface area contributed by atoms with Gasteiger partial charge in [0, 0.05) is 17.1 Å². The number of rotatable bonds is 11. The van der Waals surface area contributed by atoms with Crippen LogP contribution in [0.1, 0.15) is 33.7 Å². The number of para-hydroxylation sites is 1. The van der Waals surface area contributed by atoms with E-state index in [9.17, 15) is 13.2 Å². The number of hydrogen-bond acceptors (Lipinski definition) is 6. The Bertz CT molecular complexity index is 1410. The van der Waals surface area contributed by atoms with Crippen LogP contribution in [0.4, 0.5) is 5.69 Å². The molecule has 8 nitrogen and oxygen atoms in total. The Labute approximate surface area is 220 Å². The molecule has 1 aromatic heterocycles. The number of anilines is 1. The van der Waals surface area contributed by atoms with Gasteiger partial charge in [0.25, 0.3) is 0 Å². The van der Waals surface area contributed by atoms with Crippen LogP contribution in [-0.4, -0.2) is 31.0 Å². The highest BCUT2D eigenvalue weighted by molar-refractivity contribution is 7.87. The van der Waals surface area contributed by atoms with Crippen LogP contribution in [0.25, 0.3) is 0 Å². The molecule has 37 heavy (non-hydrogen) atoms. The first-order valence-electron chi connectivity index (χ1n) is 11.5. The van der Waals surface area contributed by atoms with Crippen LogP contribution in [0.2, 0.25) is 0 Å². The molecule has 2 atom stereocenters. The average Bonchev–Trinajstić information content (AvgIpc) is 3.43. The zero-order valence-electron chi connectivity index (χ0n) is 20.1. The second-order valence-corrected chi connectivity index (χ2v) is 10.5. The average molecular weight is 538 g/mol. The Hall–Kier alpha value is -3.73. The summed E-state index contributed by atoms with van der Waals surface area (Å²) in [4.78, 5) is 18.3. The van der Waals surface area contributed by atoms with Gasteiger partial charge in [0.05, 0.1) is 24.8 Å². The van der Waals surface area contributed by atoms with Crippen molar-refractivity contribution < 1.29 is 22.5 Å². The molecule has 0 saturated heterocycles. The molecule has 3 aromatic carbocycles. The van der Waals surface area contributed by atoms with Crippen LogP contribution in [0, 0.1) is 0 Å². The van der Waals surface area contributed by atoms with Gasteiger partial charge in [-0.05, 0) is 42.2 Å². The van der Waals surface area contributed by atoms with Gasteiger partial charge in [-0.1, -0.05) is 60.7 Å². The summed E-state index contributed by atoms with van der Waals surface area (Å²) in [6.07, 6.45) is 2.63. The van der Waals surface area contributed by atoms with Gasteiger partial charge in [-0.25, -0.2) is 4.98 Å². The number of carbonyl (C=O) groups is 1. The van der Waals surface area contributed by atoms with Gasteiger partial charge in [0.15, 0.2) is 0 Å². The van der Waals surface area contributed by atoms with E-state index in [4.69, 9.17) is 9.29 Å². The molecule has 4 aromatic rings. The lowest BCUT2D eigenvalue weighted by molar-refractivity contribution is -0.123. The minimum Gasteiger partial charge on any atom is -0.496 e. The van der Waals surface area contributed by atoms with E-state index in [-0.39, 0.29) is 11.6 Å². The summed E-state index contributed by atoms with van der Waals surface area (Å²) in [5, 5.41) is 5.81. The van der Waals surface area contributed by atoms with Crippen molar-refractivity contribution in [2.75, 3.05) is 11.8 Å². The zero-order chi connectivity index (χ0) is 26.3. The zero-order valence-corrected chi connectivity index (χ0v) is 21.7. The monoisotopic (exact) mass is 537 g/mol. The van der Waals surface area contributed by atoms with Crippen molar-refractivity contribution in [1.29, 1.82) is 0 Å². The number of hydrogen-bond donors (Lipinski definition) is 3. The maximum Gasteiger partial charge on any atom is 0.357 e. The Balaban J connectivity index is 1.60. The van der Waals surface area contributed by atoms with Crippen molar-refractivity contribution in [1.82, 2.24) is 10.3 Å². The van der Waals surface area contributed by atoms with Crippen LogP contribution in [-0.2, 0) is 27.9 Å². The van der Waals surface area contributed by atoms with E-state index < -0.39 is 22.3 Å². The van der Waals surface area contributed by atoms with Gasteiger partial charge >= 0.3 is 10.3 Å². The number of methoxy groups -OCH3 is 1. The molecule has 10 heteroatoms. The number of nitrogens with one attached hydrogen (secondary N) is 2. The van der Waals surface area contributed by atoms with Gasteiger partial charge in [-0.3, -0.25) is 14.1 Å². The van der Waals surface area contributed by atoms with E-state index >= 15 is 0 Å². The number of carbonyl (C=O) groups excluding carboxylic acids is 1. The molecule has 0 radical (unpaired) electrons. The van der Waals surface area contributed by atoms with Crippen molar-refractivity contribution in [3.8, 4) is 5.75 Å². The molecule has 0 saturated carbocycles. The van der Waals surface area contributed by atoms with Crippen molar-refractivity contribution in [2.45, 2.75) is 24.8 Å². The standard InChI is InChI=1S/C27H27N3O5S2/c1-35-25-10-6-5-9-22(25)23(17-19-7-3-2-4-8-19)26(31)29-24(27-28-15-16-36-27)18-20-11-13-21(14-12-20)30-37(32,33)34/h2-16,23-24,30H,17-18H2,1H3,(H,29,31)(H,32,33,34)/t23?,24-/m0/s1. The maximum atomic E-state index is 13.8. The first kappa shape index (κ1) is 26.3. The van der Waals surface area contributed by atoms with Crippen LogP contribution in [0.15, 0.2) is 90.4 Å². The van der Waals surface area contributed by atoms with Gasteiger partial charge in [-0.2, -0.15) is 8.42 Å². The van der Waals surface area contributed by atoms with E-state index in [1.807, 2.05) is 64.7 Å². The van der Waals surface area contributed by atoms with Crippen molar-refractivity contribution >= 4 is 33.2 Å². The number of nitrogens with zero attached hydrogens (tertiary/aromatic N) is 1. The third-order valence-corrected chi connectivity index (χ3v) is 7.20. The highest BCUT2D eigenvalue weighted by Gasteiger charge is 2.27. The number of benzene rings is 3. The summed E-state index contributed by atoms with van der Waals surface area (Å²) >= 11 is 1.45. The molecule has 0 aliphatic rings. The second-order valence-electron chi connectivity index (χ2n) is 8.39. The highest BCUT2D eigenvalue weighted by atomic mass is 32.2. The van der Waals surface area contributed by atoms with E-state index in [0.29, 0.717) is 18.6 Å². The van der Waals surface area contributed by atoms with Crippen LogP contribution in [0.5, 0.6) is 5.75 Å². The summed E-state index contributed by atoms with van der Waals surface area (Å²) in [5.74, 6) is -0.00753. The quantitative estimate of drug-likeness (QED) is 0.237. The van der Waals surface area contributed by atoms with Gasteiger partial charge in [0.1, 0.15) is 10.8 Å². The molecule has 0 fully saturated rings. The molecular formula is C27H27N3O5S2. The summed E-state index contributed by atoms with van der Waals surface area (Å²) in [7, 11) is -2.77. The molecule has 1 amide bonds. The second kappa shape index (κ2) is 12.0. The smallest absolute Gasteiger partial charge is 0.357 e. The van der Waals surface area contributed by atoms with Crippen molar-refractivity contribution in [3.63, 3.8) is 0 Å². The molecule has 1 heterocycles. The lowest BCUT2D eigenvalue weighted by Crippen LogP contribution is -2.35. The van der Waals surface area contributed by atoms with E-state index in [1.54, 1.807) is 37.6 Å². The fourth-order valence-electron chi connectivity index (χ4n) is 4.12. The Kier molecular flexibility index (Phi) is 8.54. The Morgan fingerprint density at radius 3 is 2.30 bits per heavy atom. The van der Waals surface area contributed by atoms with Gasteiger partial charge in [0.2, 0.25) is 5.91 Å². The van der Waals surface area contributed by atoms with Gasteiger partial charge in [-0.15, -0.1) is 11.3 Å². The molecule has 3 N–H and O–H groups in total. The molecule has 1 unspecified atom stereocenters. The Morgan fingerprint density at radius 1 is 0.973 bits per heavy atom. The molecule has 0 aliphatic carbocycles. The first-order valence-corrected chi connectivity index (χ1v) is 13.8. The predicted octanol–water partition coefficient (Wildman–Crippen LogP) is 4.79. The molecule has 0 aliphatic heterocycles. The van der Waals surface area contributed by atoms with Crippen molar-refractivity contribution in [3.05, 3.63) is 112 Å². The summed E-state index contributed by atoms with van der Waals surface area (Å²) < 4.78 is 38.8. The fourth-order valence-corrected chi connectivity index (χ4v) is 5.24. The lowest BCUT2D eigenvalue weighted by atomic mass is 9.90. The molecule has 4 rings (SSSR count). The molecule has 192 valence electrons. The fraction of sp³-hybridized carbons (Fsp3) is 0.185.